The summed E-state index contributed by atoms with van der Waals surface area (Å²) in [7, 11) is 0. The van der Waals surface area contributed by atoms with Crippen molar-refractivity contribution in [3.8, 4) is 22.3 Å². The zero-order valence-corrected chi connectivity index (χ0v) is 23.8. The molecule has 0 radical (unpaired) electrons. The van der Waals surface area contributed by atoms with Gasteiger partial charge in [-0.05, 0) is 11.6 Å². The van der Waals surface area contributed by atoms with Crippen LogP contribution in [0.25, 0.3) is 22.3 Å². The highest BCUT2D eigenvalue weighted by atomic mass is 35.5. The van der Waals surface area contributed by atoms with Crippen molar-refractivity contribution in [2.24, 2.45) is 0 Å². The lowest BCUT2D eigenvalue weighted by Gasteiger charge is -2.21. The second kappa shape index (κ2) is 10.2. The van der Waals surface area contributed by atoms with Gasteiger partial charge in [-0.1, -0.05) is 151 Å². The van der Waals surface area contributed by atoms with Crippen molar-refractivity contribution in [3.05, 3.63) is 71.4 Å². The van der Waals surface area contributed by atoms with Crippen LogP contribution in [0.5, 0.6) is 0 Å². The molecule has 0 aliphatic heterocycles. The van der Waals surface area contributed by atoms with E-state index in [4.69, 9.17) is 151 Å². The van der Waals surface area contributed by atoms with Crippen LogP contribution in [0.15, 0.2) is 6.07 Å². The van der Waals surface area contributed by atoms with E-state index in [9.17, 15) is 0 Å². The van der Waals surface area contributed by atoms with Crippen molar-refractivity contribution in [2.45, 2.75) is 0 Å². The minimum Gasteiger partial charge on any atom is -0.0826 e. The summed E-state index contributed by atoms with van der Waals surface area (Å²) in [6.07, 6.45) is 0. The average molecular weight is 678 g/mol. The van der Waals surface area contributed by atoms with Crippen LogP contribution >= 0.6 is 151 Å². The molecule has 0 aromatic heterocycles. The number of benzene rings is 3. The molecule has 164 valence electrons. The van der Waals surface area contributed by atoms with Gasteiger partial charge < -0.3 is 0 Å². The smallest absolute Gasteiger partial charge is 0.0809 e. The van der Waals surface area contributed by atoms with Gasteiger partial charge in [-0.15, -0.1) is 0 Å². The Bertz CT molecular complexity index is 1200. The minimum atomic E-state index is -0.0646. The number of rotatable bonds is 2. The molecule has 0 fully saturated rings. The van der Waals surface area contributed by atoms with E-state index in [1.54, 1.807) is 0 Å². The van der Waals surface area contributed by atoms with Crippen molar-refractivity contribution >= 4 is 151 Å². The van der Waals surface area contributed by atoms with Gasteiger partial charge in [0.25, 0.3) is 0 Å². The maximum Gasteiger partial charge on any atom is 0.0809 e. The summed E-state index contributed by atoms with van der Waals surface area (Å²) in [6, 6.07) is 1.43. The van der Waals surface area contributed by atoms with E-state index < -0.39 is 0 Å². The Labute approximate surface area is 241 Å². The van der Waals surface area contributed by atoms with E-state index in [-0.39, 0.29) is 87.5 Å². The van der Waals surface area contributed by atoms with Gasteiger partial charge in [-0.25, -0.2) is 0 Å². The molecule has 0 N–H and O–H groups in total. The van der Waals surface area contributed by atoms with Crippen molar-refractivity contribution < 1.29 is 0 Å². The Balaban J connectivity index is 2.62. The molecule has 3 aromatic rings. The molecule has 0 bridgehead atoms. The van der Waals surface area contributed by atoms with E-state index in [1.165, 1.54) is 6.07 Å². The third kappa shape index (κ3) is 4.54. The van der Waals surface area contributed by atoms with Crippen LogP contribution < -0.4 is 0 Å². The third-order valence-corrected chi connectivity index (χ3v) is 9.92. The normalized spacial score (nSPS) is 11.4. The molecular formula is C18HCl13. The molecule has 0 aliphatic carbocycles. The lowest BCUT2D eigenvalue weighted by atomic mass is 9.94. The third-order valence-electron chi connectivity index (χ3n) is 4.10. The molecule has 0 saturated heterocycles. The van der Waals surface area contributed by atoms with Gasteiger partial charge in [0.05, 0.1) is 65.3 Å². The lowest BCUT2D eigenvalue weighted by Crippen LogP contribution is -1.95. The van der Waals surface area contributed by atoms with Crippen LogP contribution in [-0.4, -0.2) is 0 Å². The highest BCUT2D eigenvalue weighted by Gasteiger charge is 2.30. The van der Waals surface area contributed by atoms with Crippen LogP contribution in [0, 0.1) is 0 Å². The predicted octanol–water partition coefficient (Wildman–Crippen LogP) is 13.5. The van der Waals surface area contributed by atoms with Gasteiger partial charge in [-0.2, -0.15) is 0 Å². The van der Waals surface area contributed by atoms with Crippen LogP contribution in [0.2, 0.25) is 65.3 Å². The quantitative estimate of drug-likeness (QED) is 0.187. The van der Waals surface area contributed by atoms with Gasteiger partial charge in [0.15, 0.2) is 0 Å². The molecule has 3 rings (SSSR count). The Morgan fingerprint density at radius 1 is 0.290 bits per heavy atom. The largest absolute Gasteiger partial charge is 0.0826 e. The molecule has 31 heavy (non-hydrogen) atoms. The monoisotopic (exact) mass is 672 g/mol. The summed E-state index contributed by atoms with van der Waals surface area (Å²) in [6.45, 7) is 0. The molecule has 0 nitrogen and oxygen atoms in total. The van der Waals surface area contributed by atoms with Crippen LogP contribution in [0.1, 0.15) is 0 Å². The Hall–Kier alpha value is 1.43. The van der Waals surface area contributed by atoms with E-state index in [0.717, 1.165) is 0 Å². The van der Waals surface area contributed by atoms with Crippen molar-refractivity contribution in [3.63, 3.8) is 0 Å². The predicted molar refractivity (Wildman–Crippen MR) is 142 cm³/mol. The van der Waals surface area contributed by atoms with Gasteiger partial charge >= 0.3 is 0 Å². The zero-order chi connectivity index (χ0) is 23.5. The maximum atomic E-state index is 6.56. The molecule has 0 heterocycles. The van der Waals surface area contributed by atoms with Gasteiger partial charge in [0.2, 0.25) is 0 Å². The summed E-state index contributed by atoms with van der Waals surface area (Å²) < 4.78 is 0. The van der Waals surface area contributed by atoms with E-state index in [2.05, 4.69) is 0 Å². The fraction of sp³-hybridized carbons (Fsp3) is 0. The second-order valence-electron chi connectivity index (χ2n) is 5.80. The summed E-state index contributed by atoms with van der Waals surface area (Å²) in [5, 5.41) is -0.472. The highest BCUT2D eigenvalue weighted by molar-refractivity contribution is 6.59. The SMILES string of the molecule is Clc1cc(-c2c(Cl)c(Cl)c(Cl)c(Cl)c2Cl)c(-c2c(Cl)c(Cl)c(Cl)c(Cl)c2Cl)c(Cl)c1Cl. The summed E-state index contributed by atoms with van der Waals surface area (Å²) in [5.74, 6) is 0. The minimum absolute atomic E-state index is 0.00480. The first kappa shape index (κ1) is 27.0. The average Bonchev–Trinajstić information content (AvgIpc) is 2.74. The highest BCUT2D eigenvalue weighted by Crippen LogP contribution is 2.57. The molecule has 0 amide bonds. The first-order valence-corrected chi connectivity index (χ1v) is 12.4. The standard InChI is InChI=1S/C18HCl13/c19-3-1-2(5-9(22)13(26)17(30)14(27)10(5)23)4(8(21)7(3)20)6-11(24)15(28)18(31)16(29)12(6)25/h1H. The van der Waals surface area contributed by atoms with Crippen LogP contribution in [0.4, 0.5) is 0 Å². The molecular weight excluding hydrogens is 677 g/mol. The Morgan fingerprint density at radius 2 is 0.581 bits per heavy atom. The van der Waals surface area contributed by atoms with Crippen molar-refractivity contribution in [1.82, 2.24) is 0 Å². The van der Waals surface area contributed by atoms with Gasteiger partial charge in [-0.3, -0.25) is 0 Å². The molecule has 0 saturated carbocycles. The Kier molecular flexibility index (Phi) is 8.89. The van der Waals surface area contributed by atoms with Gasteiger partial charge in [0, 0.05) is 16.7 Å². The van der Waals surface area contributed by atoms with E-state index in [1.807, 2.05) is 0 Å². The first-order valence-electron chi connectivity index (χ1n) is 7.53. The van der Waals surface area contributed by atoms with Crippen molar-refractivity contribution in [1.29, 1.82) is 0 Å². The molecule has 0 atom stereocenters. The second-order valence-corrected chi connectivity index (χ2v) is 10.7. The number of hydrogen-bond donors (Lipinski definition) is 0. The fourth-order valence-electron chi connectivity index (χ4n) is 2.70. The number of hydrogen-bond acceptors (Lipinski definition) is 0. The summed E-state index contributed by atoms with van der Waals surface area (Å²) in [4.78, 5) is 0. The van der Waals surface area contributed by atoms with Crippen molar-refractivity contribution in [2.75, 3.05) is 0 Å². The molecule has 0 unspecified atom stereocenters. The Morgan fingerprint density at radius 3 is 0.968 bits per heavy atom. The number of halogens is 13. The van der Waals surface area contributed by atoms with Gasteiger partial charge in [0.1, 0.15) is 0 Å². The topological polar surface area (TPSA) is 0 Å². The summed E-state index contributed by atoms with van der Waals surface area (Å²) in [5.41, 5.74) is 0.640. The van der Waals surface area contributed by atoms with E-state index >= 15 is 0 Å². The molecule has 3 aromatic carbocycles. The molecule has 0 aliphatic rings. The zero-order valence-electron chi connectivity index (χ0n) is 14.0. The fourth-order valence-corrected chi connectivity index (χ4v) is 6.07. The first-order chi connectivity index (χ1) is 14.3. The lowest BCUT2D eigenvalue weighted by molar-refractivity contribution is 1.57. The van der Waals surface area contributed by atoms with Crippen LogP contribution in [0.3, 0.4) is 0 Å². The molecule has 13 heteroatoms. The van der Waals surface area contributed by atoms with E-state index in [0.29, 0.717) is 0 Å². The maximum absolute atomic E-state index is 6.56. The molecule has 0 spiro atoms. The van der Waals surface area contributed by atoms with Crippen LogP contribution in [-0.2, 0) is 0 Å². The summed E-state index contributed by atoms with van der Waals surface area (Å²) >= 11 is 82.2.